The van der Waals surface area contributed by atoms with Gasteiger partial charge in [-0.25, -0.2) is 4.79 Å². The molecule has 1 aromatic carbocycles. The maximum Gasteiger partial charge on any atom is 0.396 e. The number of aromatic nitrogens is 2. The van der Waals surface area contributed by atoms with Gasteiger partial charge in [-0.3, -0.25) is 24.6 Å². The van der Waals surface area contributed by atoms with E-state index in [0.717, 1.165) is 7.11 Å². The van der Waals surface area contributed by atoms with Crippen molar-refractivity contribution in [1.29, 1.82) is 0 Å². The molecule has 8 heteroatoms. The Labute approximate surface area is 105 Å². The van der Waals surface area contributed by atoms with E-state index in [1.165, 1.54) is 18.2 Å². The molecule has 3 N–H and O–H groups in total. The van der Waals surface area contributed by atoms with E-state index in [9.17, 15) is 19.2 Å². The van der Waals surface area contributed by atoms with Gasteiger partial charge in [-0.1, -0.05) is 6.07 Å². The number of amides is 1. The number of methoxy groups -OCH3 is 1. The number of rotatable bonds is 1. The van der Waals surface area contributed by atoms with Crippen molar-refractivity contribution >= 4 is 28.3 Å². The maximum absolute atomic E-state index is 11.7. The molecule has 98 valence electrons. The number of anilines is 1. The van der Waals surface area contributed by atoms with Crippen LogP contribution >= 0.6 is 0 Å². The molecule has 0 aliphatic heterocycles. The molecule has 0 saturated heterocycles. The summed E-state index contributed by atoms with van der Waals surface area (Å²) in [5, 5.41) is 6.61. The molecule has 8 nitrogen and oxygen atoms in total. The largest absolute Gasteiger partial charge is 0.462 e. The minimum absolute atomic E-state index is 0.0106. The summed E-state index contributed by atoms with van der Waals surface area (Å²) < 4.78 is 4.25. The average Bonchev–Trinajstić information content (AvgIpc) is 2.42. The number of carbonyl (C=O) groups excluding carboxylic acids is 2. The van der Waals surface area contributed by atoms with Crippen LogP contribution < -0.4 is 16.4 Å². The second-order valence-electron chi connectivity index (χ2n) is 3.58. The minimum atomic E-state index is -1.10. The molecule has 0 atom stereocenters. The normalized spacial score (nSPS) is 10.2. The fourth-order valence-electron chi connectivity index (χ4n) is 1.60. The van der Waals surface area contributed by atoms with Gasteiger partial charge in [0.25, 0.3) is 11.1 Å². The Balaban J connectivity index is 2.59. The molecule has 19 heavy (non-hydrogen) atoms. The summed E-state index contributed by atoms with van der Waals surface area (Å²) >= 11 is 0. The van der Waals surface area contributed by atoms with Crippen LogP contribution in [0.2, 0.25) is 0 Å². The summed E-state index contributed by atoms with van der Waals surface area (Å²) in [6.07, 6.45) is 0. The summed E-state index contributed by atoms with van der Waals surface area (Å²) in [6, 6.07) is 4.30. The number of carbonyl (C=O) groups is 2. The Morgan fingerprint density at radius 1 is 1.16 bits per heavy atom. The van der Waals surface area contributed by atoms with Gasteiger partial charge in [-0.15, -0.1) is 0 Å². The van der Waals surface area contributed by atoms with E-state index in [1.807, 2.05) is 0 Å². The molecule has 1 aromatic heterocycles. The summed E-state index contributed by atoms with van der Waals surface area (Å²) in [5.41, 5.74) is -1.04. The molecular weight excluding hydrogens is 254 g/mol. The van der Waals surface area contributed by atoms with E-state index in [2.05, 4.69) is 20.3 Å². The number of benzene rings is 1. The van der Waals surface area contributed by atoms with Crippen LogP contribution in [0.15, 0.2) is 27.8 Å². The molecule has 0 radical (unpaired) electrons. The zero-order valence-corrected chi connectivity index (χ0v) is 9.77. The first-order valence-electron chi connectivity index (χ1n) is 5.17. The van der Waals surface area contributed by atoms with Gasteiger partial charge in [-0.2, -0.15) is 0 Å². The lowest BCUT2D eigenvalue weighted by Crippen LogP contribution is -2.26. The molecule has 0 aliphatic rings. The third-order valence-corrected chi connectivity index (χ3v) is 2.44. The number of esters is 1. The zero-order valence-electron chi connectivity index (χ0n) is 9.77. The number of hydrogen-bond donors (Lipinski definition) is 3. The van der Waals surface area contributed by atoms with Crippen molar-refractivity contribution in [3.63, 3.8) is 0 Å². The summed E-state index contributed by atoms with van der Waals surface area (Å²) in [4.78, 5) is 45.6. The van der Waals surface area contributed by atoms with E-state index in [4.69, 9.17) is 0 Å². The molecule has 1 amide bonds. The molecule has 2 rings (SSSR count). The van der Waals surface area contributed by atoms with Gasteiger partial charge in [0.1, 0.15) is 0 Å². The molecule has 0 fully saturated rings. The van der Waals surface area contributed by atoms with Crippen LogP contribution in [-0.2, 0) is 14.3 Å². The summed E-state index contributed by atoms with van der Waals surface area (Å²) in [7, 11) is 1.06. The van der Waals surface area contributed by atoms with E-state index >= 15 is 0 Å². The first-order valence-corrected chi connectivity index (χ1v) is 5.17. The van der Waals surface area contributed by atoms with Crippen molar-refractivity contribution in [3.05, 3.63) is 38.9 Å². The first-order chi connectivity index (χ1) is 9.04. The molecular formula is C11H9N3O5. The van der Waals surface area contributed by atoms with Gasteiger partial charge in [0, 0.05) is 0 Å². The minimum Gasteiger partial charge on any atom is -0.462 e. The van der Waals surface area contributed by atoms with Crippen molar-refractivity contribution in [3.8, 4) is 0 Å². The lowest BCUT2D eigenvalue weighted by atomic mass is 10.1. The second kappa shape index (κ2) is 4.77. The molecule has 1 heterocycles. The van der Waals surface area contributed by atoms with Crippen molar-refractivity contribution < 1.29 is 14.3 Å². The number of H-pyrrole nitrogens is 2. The van der Waals surface area contributed by atoms with E-state index in [-0.39, 0.29) is 16.5 Å². The number of hydrogen-bond acceptors (Lipinski definition) is 5. The highest BCUT2D eigenvalue weighted by Gasteiger charge is 2.16. The highest BCUT2D eigenvalue weighted by Crippen LogP contribution is 2.16. The lowest BCUT2D eigenvalue weighted by molar-refractivity contribution is -0.150. The zero-order chi connectivity index (χ0) is 14.0. The summed E-state index contributed by atoms with van der Waals surface area (Å²) in [5.74, 6) is -2.13. The van der Waals surface area contributed by atoms with Crippen LogP contribution in [0.4, 0.5) is 5.69 Å². The second-order valence-corrected chi connectivity index (χ2v) is 3.58. The van der Waals surface area contributed by atoms with Gasteiger partial charge in [-0.05, 0) is 12.1 Å². The van der Waals surface area contributed by atoms with Crippen LogP contribution in [0.3, 0.4) is 0 Å². The predicted octanol–water partition coefficient (Wildman–Crippen LogP) is -0.672. The molecule has 0 aliphatic carbocycles. The van der Waals surface area contributed by atoms with E-state index in [1.54, 1.807) is 0 Å². The average molecular weight is 263 g/mol. The summed E-state index contributed by atoms with van der Waals surface area (Å²) in [6.45, 7) is 0. The number of ether oxygens (including phenoxy) is 1. The van der Waals surface area contributed by atoms with Crippen LogP contribution in [0, 0.1) is 0 Å². The van der Waals surface area contributed by atoms with E-state index < -0.39 is 23.0 Å². The van der Waals surface area contributed by atoms with Crippen molar-refractivity contribution in [2.24, 2.45) is 0 Å². The van der Waals surface area contributed by atoms with Crippen molar-refractivity contribution in [1.82, 2.24) is 10.2 Å². The van der Waals surface area contributed by atoms with E-state index in [0.29, 0.717) is 0 Å². The van der Waals surface area contributed by atoms with Crippen LogP contribution in [-0.4, -0.2) is 29.2 Å². The van der Waals surface area contributed by atoms with Gasteiger partial charge in [0.2, 0.25) is 0 Å². The molecule has 2 aromatic rings. The molecule has 0 bridgehead atoms. The highest BCUT2D eigenvalue weighted by molar-refractivity contribution is 6.37. The fourth-order valence-corrected chi connectivity index (χ4v) is 1.60. The smallest absolute Gasteiger partial charge is 0.396 e. The SMILES string of the molecule is COC(=O)C(=O)Nc1cccc2c(=O)[nH][nH]c(=O)c12. The van der Waals surface area contributed by atoms with Gasteiger partial charge in [0.05, 0.1) is 23.6 Å². The van der Waals surface area contributed by atoms with Gasteiger partial charge < -0.3 is 10.1 Å². The van der Waals surface area contributed by atoms with Gasteiger partial charge >= 0.3 is 11.9 Å². The van der Waals surface area contributed by atoms with Crippen LogP contribution in [0.25, 0.3) is 10.8 Å². The Hall–Kier alpha value is -2.90. The monoisotopic (exact) mass is 263 g/mol. The fraction of sp³-hybridized carbons (Fsp3) is 0.0909. The van der Waals surface area contributed by atoms with Crippen LogP contribution in [0.5, 0.6) is 0 Å². The Bertz CT molecular complexity index is 774. The Morgan fingerprint density at radius 2 is 1.84 bits per heavy atom. The predicted molar refractivity (Wildman–Crippen MR) is 65.8 cm³/mol. The number of nitrogens with one attached hydrogen (secondary N) is 3. The molecule has 0 saturated carbocycles. The highest BCUT2D eigenvalue weighted by atomic mass is 16.5. The topological polar surface area (TPSA) is 121 Å². The third-order valence-electron chi connectivity index (χ3n) is 2.44. The molecule has 0 unspecified atom stereocenters. The quantitative estimate of drug-likeness (QED) is 0.465. The van der Waals surface area contributed by atoms with Gasteiger partial charge in [0.15, 0.2) is 0 Å². The Kier molecular flexibility index (Phi) is 3.15. The Morgan fingerprint density at radius 3 is 2.53 bits per heavy atom. The van der Waals surface area contributed by atoms with Crippen molar-refractivity contribution in [2.75, 3.05) is 12.4 Å². The number of aromatic amines is 2. The molecule has 0 spiro atoms. The maximum atomic E-state index is 11.7. The van der Waals surface area contributed by atoms with Crippen molar-refractivity contribution in [2.45, 2.75) is 0 Å². The standard InChI is InChI=1S/C11H9N3O5/c1-19-11(18)10(17)12-6-4-2-3-5-7(6)9(16)14-13-8(5)15/h2-4H,1H3,(H,12,17)(H,13,15)(H,14,16). The lowest BCUT2D eigenvalue weighted by Gasteiger charge is -2.06. The first kappa shape index (κ1) is 12.6. The third kappa shape index (κ3) is 2.23. The van der Waals surface area contributed by atoms with Crippen LogP contribution in [0.1, 0.15) is 0 Å². The number of fused-ring (bicyclic) bond motifs is 1.